The number of likely N-dealkylation sites (tertiary alicyclic amines) is 1. The number of hydrogen-bond donors (Lipinski definition) is 0. The van der Waals surface area contributed by atoms with Crippen LogP contribution in [0.3, 0.4) is 0 Å². The first-order valence-corrected chi connectivity index (χ1v) is 8.50. The van der Waals surface area contributed by atoms with Gasteiger partial charge in [-0.1, -0.05) is 0 Å². The molecule has 9 heteroatoms. The van der Waals surface area contributed by atoms with Crippen LogP contribution in [0.1, 0.15) is 41.0 Å². The average molecular weight is 369 g/mol. The highest BCUT2D eigenvalue weighted by atomic mass is 19.4. The number of rotatable bonds is 3. The van der Waals surface area contributed by atoms with E-state index in [0.717, 1.165) is 25.0 Å². The van der Waals surface area contributed by atoms with Crippen molar-refractivity contribution in [2.24, 2.45) is 5.92 Å². The first-order chi connectivity index (χ1) is 12.2. The van der Waals surface area contributed by atoms with Gasteiger partial charge in [-0.25, -0.2) is 10.0 Å². The molecule has 3 heterocycles. The van der Waals surface area contributed by atoms with Crippen molar-refractivity contribution in [3.63, 3.8) is 0 Å². The van der Waals surface area contributed by atoms with Crippen molar-refractivity contribution in [2.45, 2.75) is 38.0 Å². The summed E-state index contributed by atoms with van der Waals surface area (Å²) in [6.07, 6.45) is -2.11. The molecule has 1 aromatic heterocycles. The molecule has 26 heavy (non-hydrogen) atoms. The van der Waals surface area contributed by atoms with E-state index in [1.54, 1.807) is 0 Å². The smallest absolute Gasteiger partial charge is 0.332 e. The largest absolute Gasteiger partial charge is 0.433 e. The fourth-order valence-corrected chi connectivity index (χ4v) is 3.43. The van der Waals surface area contributed by atoms with Crippen molar-refractivity contribution in [3.8, 4) is 0 Å². The van der Waals surface area contributed by atoms with E-state index in [9.17, 15) is 22.8 Å². The van der Waals surface area contributed by atoms with Gasteiger partial charge in [0, 0.05) is 0 Å². The van der Waals surface area contributed by atoms with Gasteiger partial charge in [0.15, 0.2) is 0 Å². The van der Waals surface area contributed by atoms with E-state index in [4.69, 9.17) is 4.84 Å². The number of halogens is 3. The molecule has 0 aromatic carbocycles. The molecule has 0 N–H and O–H groups in total. The third kappa shape index (κ3) is 3.04. The van der Waals surface area contributed by atoms with Crippen LogP contribution in [0.15, 0.2) is 12.1 Å². The number of aromatic nitrogens is 1. The van der Waals surface area contributed by atoms with Gasteiger partial charge in [-0.15, -0.1) is 0 Å². The molecule has 1 saturated carbocycles. The van der Waals surface area contributed by atoms with E-state index in [0.29, 0.717) is 12.5 Å². The zero-order valence-electron chi connectivity index (χ0n) is 14.2. The van der Waals surface area contributed by atoms with Gasteiger partial charge in [0.2, 0.25) is 5.91 Å². The Morgan fingerprint density at radius 1 is 1.35 bits per heavy atom. The summed E-state index contributed by atoms with van der Waals surface area (Å²) in [5, 5.41) is 1.41. The van der Waals surface area contributed by atoms with Crippen LogP contribution in [0.25, 0.3) is 0 Å². The van der Waals surface area contributed by atoms with E-state index in [1.807, 2.05) is 0 Å². The molecule has 0 unspecified atom stereocenters. The monoisotopic (exact) mass is 369 g/mol. The van der Waals surface area contributed by atoms with Crippen LogP contribution in [0.4, 0.5) is 13.2 Å². The van der Waals surface area contributed by atoms with Crippen LogP contribution in [0.5, 0.6) is 0 Å². The van der Waals surface area contributed by atoms with Crippen molar-refractivity contribution < 1.29 is 27.6 Å². The molecule has 1 aliphatic carbocycles. The second-order valence-electron chi connectivity index (χ2n) is 7.34. The van der Waals surface area contributed by atoms with Gasteiger partial charge in [0.1, 0.15) is 11.3 Å². The normalized spacial score (nSPS) is 22.1. The number of alkyl halides is 3. The highest BCUT2D eigenvalue weighted by Crippen LogP contribution is 2.39. The Kier molecular flexibility index (Phi) is 3.76. The Morgan fingerprint density at radius 2 is 2.04 bits per heavy atom. The number of nitrogens with zero attached hydrogens (tertiary/aromatic N) is 3. The summed E-state index contributed by atoms with van der Waals surface area (Å²) in [4.78, 5) is 35.4. The van der Waals surface area contributed by atoms with E-state index >= 15 is 0 Å². The van der Waals surface area contributed by atoms with Crippen molar-refractivity contribution in [1.82, 2.24) is 14.9 Å². The molecule has 2 aliphatic heterocycles. The van der Waals surface area contributed by atoms with Gasteiger partial charge in [-0.05, 0) is 37.8 Å². The average Bonchev–Trinajstić information content (AvgIpc) is 3.27. The quantitative estimate of drug-likeness (QED) is 0.819. The Labute approximate surface area is 147 Å². The maximum Gasteiger partial charge on any atom is 0.433 e. The van der Waals surface area contributed by atoms with Crippen molar-refractivity contribution in [2.75, 3.05) is 19.6 Å². The predicted octanol–water partition coefficient (Wildman–Crippen LogP) is 2.18. The Hall–Kier alpha value is -2.16. The number of carbonyl (C=O) groups is 2. The van der Waals surface area contributed by atoms with Gasteiger partial charge in [-0.3, -0.25) is 14.4 Å². The number of pyridine rings is 1. The lowest BCUT2D eigenvalue weighted by atomic mass is 9.90. The molecule has 4 rings (SSSR count). The summed E-state index contributed by atoms with van der Waals surface area (Å²) in [7, 11) is 0. The number of aryl methyl sites for hydroxylation is 1. The van der Waals surface area contributed by atoms with E-state index < -0.39 is 23.4 Å². The van der Waals surface area contributed by atoms with Crippen LogP contribution in [0.2, 0.25) is 0 Å². The molecule has 0 radical (unpaired) electrons. The minimum atomic E-state index is -4.55. The maximum atomic E-state index is 12.7. The number of amides is 2. The molecule has 0 atom stereocenters. The van der Waals surface area contributed by atoms with Gasteiger partial charge in [0.05, 0.1) is 37.3 Å². The summed E-state index contributed by atoms with van der Waals surface area (Å²) in [6.45, 7) is 2.47. The topological polar surface area (TPSA) is 62.7 Å². The highest BCUT2D eigenvalue weighted by molar-refractivity contribution is 5.96. The Bertz CT molecular complexity index is 770. The van der Waals surface area contributed by atoms with E-state index in [-0.39, 0.29) is 36.7 Å². The van der Waals surface area contributed by atoms with Crippen LogP contribution >= 0.6 is 0 Å². The summed E-state index contributed by atoms with van der Waals surface area (Å²) < 4.78 is 38.1. The molecular weight excluding hydrogens is 351 g/mol. The van der Waals surface area contributed by atoms with E-state index in [1.165, 1.54) is 16.9 Å². The molecule has 0 bridgehead atoms. The maximum absolute atomic E-state index is 12.7. The summed E-state index contributed by atoms with van der Waals surface area (Å²) in [5.74, 6) is 0.0372. The number of carbonyl (C=O) groups excluding carboxylic acids is 2. The molecule has 2 amide bonds. The first kappa shape index (κ1) is 17.3. The van der Waals surface area contributed by atoms with Crippen LogP contribution in [-0.4, -0.2) is 52.0 Å². The lowest BCUT2D eigenvalue weighted by molar-refractivity contribution is -0.230. The second-order valence-corrected chi connectivity index (χ2v) is 7.34. The Morgan fingerprint density at radius 3 is 2.62 bits per heavy atom. The van der Waals surface area contributed by atoms with Crippen molar-refractivity contribution >= 4 is 11.8 Å². The molecule has 6 nitrogen and oxygen atoms in total. The first-order valence-electron chi connectivity index (χ1n) is 8.50. The number of hydrogen-bond acceptors (Lipinski definition) is 4. The molecule has 1 aromatic rings. The van der Waals surface area contributed by atoms with Crippen LogP contribution in [-0.2, 0) is 15.8 Å². The van der Waals surface area contributed by atoms with Gasteiger partial charge >= 0.3 is 6.18 Å². The molecular formula is C17H18F3N3O3. The fraction of sp³-hybridized carbons (Fsp3) is 0.588. The van der Waals surface area contributed by atoms with Gasteiger partial charge < -0.3 is 4.90 Å². The Balaban J connectivity index is 1.41. The third-order valence-corrected chi connectivity index (χ3v) is 5.03. The van der Waals surface area contributed by atoms with Crippen LogP contribution in [0, 0.1) is 12.8 Å². The standard InChI is InChI=1S/C17H18F3N3O3/c1-10-12(4-5-13(21-10)17(18,19)20)15(25)22-8-16(9-22)6-14(24)23(26-16)7-11-2-3-11/h4-5,11H,2-3,6-9H2,1H3. The summed E-state index contributed by atoms with van der Waals surface area (Å²) in [6, 6.07) is 1.96. The van der Waals surface area contributed by atoms with E-state index in [2.05, 4.69) is 4.98 Å². The van der Waals surface area contributed by atoms with Crippen LogP contribution < -0.4 is 0 Å². The highest BCUT2D eigenvalue weighted by Gasteiger charge is 2.55. The molecule has 3 fully saturated rings. The molecule has 1 spiro atoms. The SMILES string of the molecule is Cc1nc(C(F)(F)F)ccc1C(=O)N1CC2(CC(=O)N(CC3CC3)O2)C1. The summed E-state index contributed by atoms with van der Waals surface area (Å²) >= 11 is 0. The predicted molar refractivity (Wildman–Crippen MR) is 82.7 cm³/mol. The number of hydroxylamine groups is 2. The molecule has 140 valence electrons. The van der Waals surface area contributed by atoms with Gasteiger partial charge in [-0.2, -0.15) is 13.2 Å². The minimum absolute atomic E-state index is 0.0320. The van der Waals surface area contributed by atoms with Crippen molar-refractivity contribution in [3.05, 3.63) is 29.1 Å². The molecule has 2 saturated heterocycles. The second kappa shape index (κ2) is 5.67. The zero-order valence-corrected chi connectivity index (χ0v) is 14.2. The summed E-state index contributed by atoms with van der Waals surface area (Å²) in [5.41, 5.74) is -1.54. The lowest BCUT2D eigenvalue weighted by Gasteiger charge is -2.46. The van der Waals surface area contributed by atoms with Crippen molar-refractivity contribution in [1.29, 1.82) is 0 Å². The lowest BCUT2D eigenvalue weighted by Crippen LogP contribution is -2.63. The fourth-order valence-electron chi connectivity index (χ4n) is 3.43. The molecule has 3 aliphatic rings. The minimum Gasteiger partial charge on any atom is -0.332 e. The van der Waals surface area contributed by atoms with Gasteiger partial charge in [0.25, 0.3) is 5.91 Å². The zero-order chi connectivity index (χ0) is 18.7. The third-order valence-electron chi connectivity index (χ3n) is 5.03.